The van der Waals surface area contributed by atoms with E-state index in [1.54, 1.807) is 6.07 Å². The largest absolute Gasteiger partial charge is 0.465 e. The SMILES string of the molecule is O=C(O)N1C[C@@H]2C[C@@H](O)CN2c2cc(Cl)nnc21. The number of rotatable bonds is 0. The van der Waals surface area contributed by atoms with Gasteiger partial charge in [-0.3, -0.25) is 4.90 Å². The van der Waals surface area contributed by atoms with Crippen LogP contribution in [0.1, 0.15) is 6.42 Å². The van der Waals surface area contributed by atoms with Crippen LogP contribution < -0.4 is 9.80 Å². The minimum absolute atomic E-state index is 0.0381. The molecule has 2 aliphatic rings. The topological polar surface area (TPSA) is 89.8 Å². The maximum atomic E-state index is 11.2. The van der Waals surface area contributed by atoms with Crippen molar-refractivity contribution in [3.05, 3.63) is 11.2 Å². The number of carboxylic acid groups (broad SMARTS) is 1. The summed E-state index contributed by atoms with van der Waals surface area (Å²) in [6, 6.07) is 1.55. The predicted octanol–water partition coefficient (Wildman–Crippen LogP) is 0.568. The first-order chi connectivity index (χ1) is 8.56. The molecule has 0 unspecified atom stereocenters. The fourth-order valence-corrected chi connectivity index (χ4v) is 2.72. The van der Waals surface area contributed by atoms with Gasteiger partial charge < -0.3 is 15.1 Å². The highest BCUT2D eigenvalue weighted by atomic mass is 35.5. The molecule has 3 rings (SSSR count). The van der Waals surface area contributed by atoms with E-state index < -0.39 is 12.2 Å². The maximum Gasteiger partial charge on any atom is 0.413 e. The number of aromatic nitrogens is 2. The predicted molar refractivity (Wildman–Crippen MR) is 64.2 cm³/mol. The molecule has 0 aliphatic carbocycles. The van der Waals surface area contributed by atoms with E-state index in [9.17, 15) is 15.0 Å². The highest BCUT2D eigenvalue weighted by Crippen LogP contribution is 2.38. The zero-order valence-electron chi connectivity index (χ0n) is 9.32. The van der Waals surface area contributed by atoms with Crippen LogP contribution in [0.4, 0.5) is 16.3 Å². The van der Waals surface area contributed by atoms with E-state index in [1.165, 1.54) is 0 Å². The van der Waals surface area contributed by atoms with Crippen molar-refractivity contribution in [1.29, 1.82) is 0 Å². The Bertz CT molecular complexity index is 512. The molecule has 1 aromatic rings. The Kier molecular flexibility index (Phi) is 2.53. The van der Waals surface area contributed by atoms with Crippen LogP contribution in [0.5, 0.6) is 0 Å². The van der Waals surface area contributed by atoms with Crippen molar-refractivity contribution in [3.8, 4) is 0 Å². The van der Waals surface area contributed by atoms with Crippen LogP contribution in [-0.4, -0.2) is 51.7 Å². The van der Waals surface area contributed by atoms with E-state index in [2.05, 4.69) is 10.2 Å². The fourth-order valence-electron chi connectivity index (χ4n) is 2.58. The van der Waals surface area contributed by atoms with Crippen molar-refractivity contribution in [2.75, 3.05) is 22.9 Å². The maximum absolute atomic E-state index is 11.2. The summed E-state index contributed by atoms with van der Waals surface area (Å²) in [5, 5.41) is 26.6. The normalized spacial score (nSPS) is 25.9. The van der Waals surface area contributed by atoms with Gasteiger partial charge in [0.1, 0.15) is 0 Å². The van der Waals surface area contributed by atoms with Crippen LogP contribution in [0, 0.1) is 0 Å². The summed E-state index contributed by atoms with van der Waals surface area (Å²) in [6.07, 6.45) is -0.985. The van der Waals surface area contributed by atoms with Crippen LogP contribution in [0.3, 0.4) is 0 Å². The molecule has 1 aromatic heterocycles. The van der Waals surface area contributed by atoms with Gasteiger partial charge in [0.25, 0.3) is 0 Å². The number of anilines is 2. The van der Waals surface area contributed by atoms with Crippen molar-refractivity contribution in [2.24, 2.45) is 0 Å². The Labute approximate surface area is 108 Å². The van der Waals surface area contributed by atoms with Gasteiger partial charge in [-0.25, -0.2) is 4.79 Å². The molecule has 0 radical (unpaired) electrons. The van der Waals surface area contributed by atoms with Crippen LogP contribution in [0.2, 0.25) is 5.15 Å². The van der Waals surface area contributed by atoms with Crippen LogP contribution in [-0.2, 0) is 0 Å². The van der Waals surface area contributed by atoms with Gasteiger partial charge in [0.05, 0.1) is 18.3 Å². The Balaban J connectivity index is 2.09. The monoisotopic (exact) mass is 270 g/mol. The number of amides is 1. The molecule has 96 valence electrons. The van der Waals surface area contributed by atoms with Gasteiger partial charge in [-0.15, -0.1) is 10.2 Å². The standard InChI is InChI=1S/C10H11ClN4O3/c11-8-2-7-9(13-12-8)15(10(17)18)3-5-1-6(16)4-14(5)7/h2,5-6,16H,1,3-4H2,(H,17,18)/t5-,6+/m0/s1. The molecule has 7 nitrogen and oxygen atoms in total. The molecular weight excluding hydrogens is 260 g/mol. The van der Waals surface area contributed by atoms with Gasteiger partial charge in [-0.05, 0) is 6.42 Å². The third-order valence-corrected chi connectivity index (χ3v) is 3.49. The number of aliphatic hydroxyl groups excluding tert-OH is 1. The second-order valence-electron chi connectivity index (χ2n) is 4.46. The van der Waals surface area contributed by atoms with Gasteiger partial charge >= 0.3 is 6.09 Å². The highest BCUT2D eigenvalue weighted by molar-refractivity contribution is 6.29. The lowest BCUT2D eigenvalue weighted by Crippen LogP contribution is -2.48. The first-order valence-corrected chi connectivity index (χ1v) is 5.92. The molecular formula is C10H11ClN4O3. The smallest absolute Gasteiger partial charge is 0.413 e. The van der Waals surface area contributed by atoms with Crippen molar-refractivity contribution in [3.63, 3.8) is 0 Å². The number of hydrogen-bond donors (Lipinski definition) is 2. The molecule has 2 atom stereocenters. The summed E-state index contributed by atoms with van der Waals surface area (Å²) in [5.41, 5.74) is 0.616. The number of nitrogens with zero attached hydrogens (tertiary/aromatic N) is 4. The average molecular weight is 271 g/mol. The molecule has 8 heteroatoms. The Hall–Kier alpha value is -1.60. The quantitative estimate of drug-likeness (QED) is 0.716. The van der Waals surface area contributed by atoms with E-state index in [-0.39, 0.29) is 23.6 Å². The minimum atomic E-state index is -1.08. The Morgan fingerprint density at radius 1 is 1.44 bits per heavy atom. The van der Waals surface area contributed by atoms with Gasteiger partial charge in [-0.1, -0.05) is 11.6 Å². The summed E-state index contributed by atoms with van der Waals surface area (Å²) in [4.78, 5) is 14.3. The summed E-state index contributed by atoms with van der Waals surface area (Å²) in [5.74, 6) is 0.275. The lowest BCUT2D eigenvalue weighted by molar-refractivity contribution is 0.191. The van der Waals surface area contributed by atoms with E-state index >= 15 is 0 Å². The third-order valence-electron chi connectivity index (χ3n) is 3.31. The number of fused-ring (bicyclic) bond motifs is 3. The van der Waals surface area contributed by atoms with Gasteiger partial charge in [0, 0.05) is 18.7 Å². The second kappa shape index (κ2) is 3.96. The molecule has 0 aromatic carbocycles. The van der Waals surface area contributed by atoms with Gasteiger partial charge in [-0.2, -0.15) is 0 Å². The minimum Gasteiger partial charge on any atom is -0.465 e. The summed E-state index contributed by atoms with van der Waals surface area (Å²) in [6.45, 7) is 0.753. The molecule has 3 heterocycles. The van der Waals surface area contributed by atoms with Crippen LogP contribution >= 0.6 is 11.6 Å². The summed E-state index contributed by atoms with van der Waals surface area (Å²) < 4.78 is 0. The summed E-state index contributed by atoms with van der Waals surface area (Å²) in [7, 11) is 0. The molecule has 18 heavy (non-hydrogen) atoms. The lowest BCUT2D eigenvalue weighted by Gasteiger charge is -2.37. The molecule has 0 saturated carbocycles. The molecule has 1 amide bonds. The number of aliphatic hydroxyl groups is 1. The van der Waals surface area contributed by atoms with E-state index in [0.29, 0.717) is 18.7 Å². The van der Waals surface area contributed by atoms with Crippen molar-refractivity contribution in [2.45, 2.75) is 18.6 Å². The molecule has 2 N–H and O–H groups in total. The fraction of sp³-hybridized carbons (Fsp3) is 0.500. The first-order valence-electron chi connectivity index (χ1n) is 5.54. The van der Waals surface area contributed by atoms with Gasteiger partial charge in [0.15, 0.2) is 11.0 Å². The average Bonchev–Trinajstić information content (AvgIpc) is 2.68. The molecule has 0 spiro atoms. The molecule has 2 aliphatic heterocycles. The van der Waals surface area contributed by atoms with E-state index in [4.69, 9.17) is 11.6 Å². The van der Waals surface area contributed by atoms with E-state index in [1.807, 2.05) is 4.90 Å². The van der Waals surface area contributed by atoms with E-state index in [0.717, 1.165) is 4.90 Å². The van der Waals surface area contributed by atoms with Crippen molar-refractivity contribution in [1.82, 2.24) is 10.2 Å². The zero-order chi connectivity index (χ0) is 12.9. The number of hydrogen-bond acceptors (Lipinski definition) is 5. The molecule has 0 bridgehead atoms. The van der Waals surface area contributed by atoms with Crippen LogP contribution in [0.15, 0.2) is 6.07 Å². The number of carbonyl (C=O) groups is 1. The second-order valence-corrected chi connectivity index (χ2v) is 4.85. The summed E-state index contributed by atoms with van der Waals surface area (Å²) >= 11 is 5.80. The molecule has 1 fully saturated rings. The van der Waals surface area contributed by atoms with Gasteiger partial charge in [0.2, 0.25) is 0 Å². The van der Waals surface area contributed by atoms with Crippen molar-refractivity contribution >= 4 is 29.2 Å². The third kappa shape index (κ3) is 1.67. The number of halogens is 1. The van der Waals surface area contributed by atoms with Crippen LogP contribution in [0.25, 0.3) is 0 Å². The first kappa shape index (κ1) is 11.5. The zero-order valence-corrected chi connectivity index (χ0v) is 10.1. The Morgan fingerprint density at radius 2 is 2.22 bits per heavy atom. The highest BCUT2D eigenvalue weighted by Gasteiger charge is 2.41. The van der Waals surface area contributed by atoms with Crippen molar-refractivity contribution < 1.29 is 15.0 Å². The lowest BCUT2D eigenvalue weighted by atomic mass is 10.1. The Morgan fingerprint density at radius 3 is 2.94 bits per heavy atom. The molecule has 1 saturated heterocycles.